The summed E-state index contributed by atoms with van der Waals surface area (Å²) in [5, 5.41) is 2.72. The Morgan fingerprint density at radius 3 is 2.80 bits per heavy atom. The molecule has 1 aliphatic heterocycles. The van der Waals surface area contributed by atoms with Crippen molar-refractivity contribution < 1.29 is 18.3 Å². The quantitative estimate of drug-likeness (QED) is 0.895. The van der Waals surface area contributed by atoms with Gasteiger partial charge in [-0.25, -0.2) is 13.6 Å². The molecule has 0 spiro atoms. The van der Waals surface area contributed by atoms with E-state index >= 15 is 0 Å². The number of hydrogen-bond acceptors (Lipinski definition) is 2. The number of urea groups is 1. The summed E-state index contributed by atoms with van der Waals surface area (Å²) in [7, 11) is 0. The largest absolute Gasteiger partial charge is 0.370 e. The standard InChI is InChI=1S/C18H17ClF2N2O2/c19-14-9-12(5-6-16(14)21)17-11-23(7-8-25-17)18(24)22-10-13-3-1-2-4-15(13)20/h1-6,9,17H,7-8,10-11H2,(H,22,24)/t17-/m1/s1. The van der Waals surface area contributed by atoms with Gasteiger partial charge in [0.05, 0.1) is 18.2 Å². The summed E-state index contributed by atoms with van der Waals surface area (Å²) in [6.45, 7) is 1.20. The predicted octanol–water partition coefficient (Wildman–Crippen LogP) is 3.90. The lowest BCUT2D eigenvalue weighted by atomic mass is 10.1. The fourth-order valence-electron chi connectivity index (χ4n) is 2.67. The highest BCUT2D eigenvalue weighted by molar-refractivity contribution is 6.30. The second-order valence-corrected chi connectivity index (χ2v) is 6.14. The van der Waals surface area contributed by atoms with Crippen molar-refractivity contribution in [3.05, 3.63) is 70.2 Å². The maximum Gasteiger partial charge on any atom is 0.317 e. The van der Waals surface area contributed by atoms with Crippen LogP contribution in [-0.2, 0) is 11.3 Å². The summed E-state index contributed by atoms with van der Waals surface area (Å²) in [6.07, 6.45) is -0.383. The molecule has 2 aromatic carbocycles. The first-order valence-electron chi connectivity index (χ1n) is 7.87. The maximum atomic E-state index is 13.6. The molecule has 132 valence electrons. The van der Waals surface area contributed by atoms with E-state index in [1.165, 1.54) is 18.2 Å². The van der Waals surface area contributed by atoms with Crippen molar-refractivity contribution in [2.24, 2.45) is 0 Å². The second-order valence-electron chi connectivity index (χ2n) is 5.73. The molecule has 1 N–H and O–H groups in total. The first-order valence-corrected chi connectivity index (χ1v) is 8.25. The molecule has 1 atom stereocenters. The molecule has 0 saturated carbocycles. The fraction of sp³-hybridized carbons (Fsp3) is 0.278. The number of benzene rings is 2. The molecule has 0 bridgehead atoms. The van der Waals surface area contributed by atoms with E-state index in [4.69, 9.17) is 16.3 Å². The Kier molecular flexibility index (Phi) is 5.50. The van der Waals surface area contributed by atoms with Crippen LogP contribution >= 0.6 is 11.6 Å². The zero-order valence-corrected chi connectivity index (χ0v) is 14.1. The number of halogens is 3. The summed E-state index contributed by atoms with van der Waals surface area (Å²) < 4.78 is 32.6. The second kappa shape index (κ2) is 7.80. The Bertz CT molecular complexity index is 772. The average molecular weight is 367 g/mol. The third-order valence-electron chi connectivity index (χ3n) is 4.06. The zero-order valence-electron chi connectivity index (χ0n) is 13.3. The highest BCUT2D eigenvalue weighted by atomic mass is 35.5. The van der Waals surface area contributed by atoms with Crippen LogP contribution in [0.2, 0.25) is 5.02 Å². The van der Waals surface area contributed by atoms with Gasteiger partial charge in [0.25, 0.3) is 0 Å². The molecule has 0 aromatic heterocycles. The third kappa shape index (κ3) is 4.27. The van der Waals surface area contributed by atoms with Crippen LogP contribution in [0.25, 0.3) is 0 Å². The van der Waals surface area contributed by atoms with Gasteiger partial charge in [-0.1, -0.05) is 35.9 Å². The van der Waals surface area contributed by atoms with Crippen molar-refractivity contribution in [1.29, 1.82) is 0 Å². The minimum Gasteiger partial charge on any atom is -0.370 e. The van der Waals surface area contributed by atoms with Gasteiger partial charge >= 0.3 is 6.03 Å². The smallest absolute Gasteiger partial charge is 0.317 e. The van der Waals surface area contributed by atoms with Gasteiger partial charge in [-0.2, -0.15) is 0 Å². The van der Waals surface area contributed by atoms with Crippen molar-refractivity contribution >= 4 is 17.6 Å². The Hall–Kier alpha value is -2.18. The van der Waals surface area contributed by atoms with Gasteiger partial charge in [0.2, 0.25) is 0 Å². The first-order chi connectivity index (χ1) is 12.0. The fourth-order valence-corrected chi connectivity index (χ4v) is 2.86. The van der Waals surface area contributed by atoms with Crippen LogP contribution < -0.4 is 5.32 Å². The molecule has 2 aromatic rings. The van der Waals surface area contributed by atoms with Gasteiger partial charge in [0, 0.05) is 18.7 Å². The number of nitrogens with one attached hydrogen (secondary N) is 1. The monoisotopic (exact) mass is 366 g/mol. The lowest BCUT2D eigenvalue weighted by molar-refractivity contribution is -0.0155. The molecule has 7 heteroatoms. The van der Waals surface area contributed by atoms with Crippen LogP contribution in [0.5, 0.6) is 0 Å². The number of hydrogen-bond donors (Lipinski definition) is 1. The predicted molar refractivity (Wildman–Crippen MR) is 90.3 cm³/mol. The number of carbonyl (C=O) groups is 1. The molecule has 25 heavy (non-hydrogen) atoms. The van der Waals surface area contributed by atoms with Crippen LogP contribution in [0.3, 0.4) is 0 Å². The molecule has 0 aliphatic carbocycles. The van der Waals surface area contributed by atoms with E-state index in [2.05, 4.69) is 5.32 Å². The summed E-state index contributed by atoms with van der Waals surface area (Å²) >= 11 is 5.81. The molecular formula is C18H17ClF2N2O2. The number of amides is 2. The molecule has 2 amide bonds. The Morgan fingerprint density at radius 1 is 1.24 bits per heavy atom. The molecule has 1 aliphatic rings. The van der Waals surface area contributed by atoms with Gasteiger partial charge < -0.3 is 15.0 Å². The minimum absolute atomic E-state index is 0.0160. The minimum atomic E-state index is -0.499. The molecule has 1 saturated heterocycles. The zero-order chi connectivity index (χ0) is 17.8. The van der Waals surface area contributed by atoms with Crippen LogP contribution in [0.15, 0.2) is 42.5 Å². The number of rotatable bonds is 3. The Balaban J connectivity index is 1.61. The highest BCUT2D eigenvalue weighted by Gasteiger charge is 2.26. The van der Waals surface area contributed by atoms with E-state index in [1.54, 1.807) is 29.2 Å². The topological polar surface area (TPSA) is 41.6 Å². The summed E-state index contributed by atoms with van der Waals surface area (Å²) in [5.74, 6) is -0.857. The van der Waals surface area contributed by atoms with E-state index in [0.29, 0.717) is 30.8 Å². The highest BCUT2D eigenvalue weighted by Crippen LogP contribution is 2.26. The summed E-state index contributed by atoms with van der Waals surface area (Å²) in [4.78, 5) is 13.9. The normalized spacial score (nSPS) is 17.4. The lowest BCUT2D eigenvalue weighted by Crippen LogP contribution is -2.47. The van der Waals surface area contributed by atoms with Crippen LogP contribution in [0.1, 0.15) is 17.2 Å². The van der Waals surface area contributed by atoms with Gasteiger partial charge in [-0.15, -0.1) is 0 Å². The Morgan fingerprint density at radius 2 is 2.04 bits per heavy atom. The van der Waals surface area contributed by atoms with E-state index in [-0.39, 0.29) is 29.5 Å². The van der Waals surface area contributed by atoms with Crippen molar-refractivity contribution in [3.8, 4) is 0 Å². The van der Waals surface area contributed by atoms with Crippen molar-refractivity contribution in [2.75, 3.05) is 19.7 Å². The maximum absolute atomic E-state index is 13.6. The molecule has 1 heterocycles. The first kappa shape index (κ1) is 17.6. The van der Waals surface area contributed by atoms with Crippen LogP contribution in [0, 0.1) is 11.6 Å². The van der Waals surface area contributed by atoms with Crippen molar-refractivity contribution in [2.45, 2.75) is 12.6 Å². The molecule has 0 unspecified atom stereocenters. The molecule has 4 nitrogen and oxygen atoms in total. The van der Waals surface area contributed by atoms with E-state index < -0.39 is 5.82 Å². The van der Waals surface area contributed by atoms with Crippen molar-refractivity contribution in [1.82, 2.24) is 10.2 Å². The molecular weight excluding hydrogens is 350 g/mol. The lowest BCUT2D eigenvalue weighted by Gasteiger charge is -2.33. The van der Waals surface area contributed by atoms with Gasteiger partial charge in [0.15, 0.2) is 0 Å². The van der Waals surface area contributed by atoms with E-state index in [1.807, 2.05) is 0 Å². The molecule has 3 rings (SSSR count). The summed E-state index contributed by atoms with van der Waals surface area (Å²) in [5.41, 5.74) is 1.13. The number of morpholine rings is 1. The number of carbonyl (C=O) groups excluding carboxylic acids is 1. The van der Waals surface area contributed by atoms with Crippen molar-refractivity contribution in [3.63, 3.8) is 0 Å². The third-order valence-corrected chi connectivity index (χ3v) is 4.35. The van der Waals surface area contributed by atoms with E-state index in [9.17, 15) is 13.6 Å². The molecule has 0 radical (unpaired) electrons. The SMILES string of the molecule is O=C(NCc1ccccc1F)N1CCO[C@@H](c2ccc(F)c(Cl)c2)C1. The van der Waals surface area contributed by atoms with Gasteiger partial charge in [0.1, 0.15) is 17.7 Å². The van der Waals surface area contributed by atoms with Gasteiger partial charge in [-0.3, -0.25) is 0 Å². The van der Waals surface area contributed by atoms with E-state index in [0.717, 1.165) is 0 Å². The Labute approximate surface area is 149 Å². The van der Waals surface area contributed by atoms with Gasteiger partial charge in [-0.05, 0) is 23.8 Å². The number of nitrogens with zero attached hydrogens (tertiary/aromatic N) is 1. The molecule has 1 fully saturated rings. The number of ether oxygens (including phenoxy) is 1. The average Bonchev–Trinajstić information content (AvgIpc) is 2.63. The summed E-state index contributed by atoms with van der Waals surface area (Å²) in [6, 6.07) is 10.4. The van der Waals surface area contributed by atoms with Crippen LogP contribution in [-0.4, -0.2) is 30.6 Å². The van der Waals surface area contributed by atoms with Crippen LogP contribution in [0.4, 0.5) is 13.6 Å².